The number of nitrogens with zero attached hydrogens (tertiary/aromatic N) is 3. The number of hydrogen-bond acceptors (Lipinski definition) is 4. The van der Waals surface area contributed by atoms with E-state index in [1.54, 1.807) is 0 Å². The summed E-state index contributed by atoms with van der Waals surface area (Å²) in [5.41, 5.74) is 8.22. The van der Waals surface area contributed by atoms with Gasteiger partial charge in [-0.1, -0.05) is 29.3 Å². The van der Waals surface area contributed by atoms with E-state index in [2.05, 4.69) is 26.8 Å². The SMILES string of the molecule is Cc1nc(C)c(-c2c(Cl)ccc3c(CCCOc4cc(C)c(Cl)c(C)c4)c4n(c23)C(C)CNC4=O)c(C)n1. The number of hydrogen-bond donors (Lipinski definition) is 1. The standard InChI is InChI=1S/C30H32Cl2N4O2/c1-15-12-21(13-16(2)27(15)32)38-11-7-8-22-23-9-10-24(31)26(25-18(4)34-20(6)35-19(25)5)28(23)36-17(3)14-33-30(37)29(22)36/h9-10,12-13,17H,7-8,11,14H2,1-6H3,(H,33,37). The number of fused-ring (bicyclic) bond motifs is 3. The first-order valence-corrected chi connectivity index (χ1v) is 13.7. The van der Waals surface area contributed by atoms with Crippen LogP contribution >= 0.6 is 23.2 Å². The van der Waals surface area contributed by atoms with Crippen LogP contribution in [0.4, 0.5) is 0 Å². The van der Waals surface area contributed by atoms with Crippen molar-refractivity contribution in [2.45, 2.75) is 60.4 Å². The number of carbonyl (C=O) groups excluding carboxylic acids is 1. The molecule has 0 aliphatic carbocycles. The van der Waals surface area contributed by atoms with Crippen molar-refractivity contribution in [2.75, 3.05) is 13.2 Å². The molecule has 3 heterocycles. The van der Waals surface area contributed by atoms with E-state index < -0.39 is 0 Å². The zero-order valence-electron chi connectivity index (χ0n) is 22.6. The maximum Gasteiger partial charge on any atom is 0.268 e. The molecule has 0 saturated heterocycles. The van der Waals surface area contributed by atoms with Gasteiger partial charge in [0.1, 0.15) is 17.3 Å². The van der Waals surface area contributed by atoms with Gasteiger partial charge in [-0.15, -0.1) is 0 Å². The number of nitrogens with one attached hydrogen (secondary N) is 1. The molecule has 38 heavy (non-hydrogen) atoms. The fourth-order valence-electron chi connectivity index (χ4n) is 5.71. The minimum atomic E-state index is -0.0603. The number of amides is 1. The molecule has 0 fully saturated rings. The molecule has 1 aliphatic heterocycles. The zero-order chi connectivity index (χ0) is 27.3. The molecule has 2 aromatic carbocycles. The third-order valence-corrected chi connectivity index (χ3v) is 8.23. The number of aromatic nitrogens is 3. The summed E-state index contributed by atoms with van der Waals surface area (Å²) in [5.74, 6) is 1.47. The molecular weight excluding hydrogens is 519 g/mol. The Balaban J connectivity index is 1.58. The number of benzene rings is 2. The fourth-order valence-corrected chi connectivity index (χ4v) is 6.07. The van der Waals surface area contributed by atoms with E-state index in [9.17, 15) is 4.79 Å². The Morgan fingerprint density at radius 3 is 2.34 bits per heavy atom. The quantitative estimate of drug-likeness (QED) is 0.256. The van der Waals surface area contributed by atoms with Crippen LogP contribution in [0.2, 0.25) is 10.0 Å². The monoisotopic (exact) mass is 550 g/mol. The molecule has 2 aromatic heterocycles. The van der Waals surface area contributed by atoms with Crippen LogP contribution in [0.5, 0.6) is 5.75 Å². The molecule has 1 unspecified atom stereocenters. The predicted molar refractivity (Wildman–Crippen MR) is 154 cm³/mol. The molecule has 1 N–H and O–H groups in total. The molecule has 0 radical (unpaired) electrons. The van der Waals surface area contributed by atoms with Crippen LogP contribution in [-0.2, 0) is 6.42 Å². The van der Waals surface area contributed by atoms with Crippen molar-refractivity contribution in [3.8, 4) is 16.9 Å². The van der Waals surface area contributed by atoms with Gasteiger partial charge >= 0.3 is 0 Å². The normalized spacial score (nSPS) is 15.1. The van der Waals surface area contributed by atoms with Crippen LogP contribution in [0.15, 0.2) is 24.3 Å². The topological polar surface area (TPSA) is 69.0 Å². The molecule has 0 bridgehead atoms. The second-order valence-electron chi connectivity index (χ2n) is 10.2. The van der Waals surface area contributed by atoms with Crippen LogP contribution in [-0.4, -0.2) is 33.6 Å². The predicted octanol–water partition coefficient (Wildman–Crippen LogP) is 7.26. The third kappa shape index (κ3) is 4.54. The highest BCUT2D eigenvalue weighted by Gasteiger charge is 2.32. The molecule has 1 amide bonds. The summed E-state index contributed by atoms with van der Waals surface area (Å²) in [4.78, 5) is 22.5. The summed E-state index contributed by atoms with van der Waals surface area (Å²) in [6, 6.07) is 7.95. The molecule has 6 nitrogen and oxygen atoms in total. The number of ether oxygens (including phenoxy) is 1. The lowest BCUT2D eigenvalue weighted by atomic mass is 9.97. The third-order valence-electron chi connectivity index (χ3n) is 7.32. The van der Waals surface area contributed by atoms with Crippen molar-refractivity contribution >= 4 is 40.0 Å². The lowest BCUT2D eigenvalue weighted by molar-refractivity contribution is 0.0918. The van der Waals surface area contributed by atoms with Crippen LogP contribution < -0.4 is 10.1 Å². The smallest absolute Gasteiger partial charge is 0.268 e. The summed E-state index contributed by atoms with van der Waals surface area (Å²) in [5, 5.41) is 5.48. The van der Waals surface area contributed by atoms with Crippen LogP contribution in [0.3, 0.4) is 0 Å². The molecule has 0 spiro atoms. The van der Waals surface area contributed by atoms with Gasteiger partial charge in [-0.3, -0.25) is 4.79 Å². The maximum atomic E-state index is 13.3. The van der Waals surface area contributed by atoms with Crippen LogP contribution in [0.1, 0.15) is 63.8 Å². The minimum absolute atomic E-state index is 0.0603. The van der Waals surface area contributed by atoms with E-state index in [1.807, 2.05) is 58.9 Å². The maximum absolute atomic E-state index is 13.3. The van der Waals surface area contributed by atoms with Crippen molar-refractivity contribution < 1.29 is 9.53 Å². The highest BCUT2D eigenvalue weighted by Crippen LogP contribution is 2.43. The lowest BCUT2D eigenvalue weighted by Gasteiger charge is -2.26. The van der Waals surface area contributed by atoms with Gasteiger partial charge in [-0.05, 0) is 89.3 Å². The number of aryl methyl sites for hydroxylation is 6. The summed E-state index contributed by atoms with van der Waals surface area (Å²) < 4.78 is 8.24. The fraction of sp³-hybridized carbons (Fsp3) is 0.367. The second-order valence-corrected chi connectivity index (χ2v) is 11.0. The first-order chi connectivity index (χ1) is 18.1. The van der Waals surface area contributed by atoms with Gasteiger partial charge in [-0.2, -0.15) is 0 Å². The first-order valence-electron chi connectivity index (χ1n) is 12.9. The molecule has 1 aliphatic rings. The van der Waals surface area contributed by atoms with Gasteiger partial charge in [0.25, 0.3) is 5.91 Å². The van der Waals surface area contributed by atoms with E-state index in [0.717, 1.165) is 73.1 Å². The Bertz CT molecular complexity index is 1550. The van der Waals surface area contributed by atoms with Gasteiger partial charge in [-0.25, -0.2) is 9.97 Å². The largest absolute Gasteiger partial charge is 0.494 e. The zero-order valence-corrected chi connectivity index (χ0v) is 24.1. The van der Waals surface area contributed by atoms with E-state index in [4.69, 9.17) is 27.9 Å². The van der Waals surface area contributed by atoms with Crippen molar-refractivity contribution in [3.05, 3.63) is 73.9 Å². The molecule has 198 valence electrons. The van der Waals surface area contributed by atoms with Crippen molar-refractivity contribution in [2.24, 2.45) is 0 Å². The molecular formula is C30H32Cl2N4O2. The number of halogens is 2. The molecule has 4 aromatic rings. The van der Waals surface area contributed by atoms with Crippen molar-refractivity contribution in [1.82, 2.24) is 19.9 Å². The van der Waals surface area contributed by atoms with Gasteiger partial charge in [0.05, 0.1) is 17.1 Å². The number of carbonyl (C=O) groups is 1. The minimum Gasteiger partial charge on any atom is -0.494 e. The van der Waals surface area contributed by atoms with Crippen LogP contribution in [0.25, 0.3) is 22.0 Å². The first kappa shape index (κ1) is 26.5. The second kappa shape index (κ2) is 10.2. The van der Waals surface area contributed by atoms with E-state index >= 15 is 0 Å². The van der Waals surface area contributed by atoms with E-state index in [0.29, 0.717) is 30.3 Å². The summed E-state index contributed by atoms with van der Waals surface area (Å²) in [6.07, 6.45) is 1.44. The van der Waals surface area contributed by atoms with Gasteiger partial charge in [0.15, 0.2) is 0 Å². The van der Waals surface area contributed by atoms with Crippen LogP contribution in [0, 0.1) is 34.6 Å². The lowest BCUT2D eigenvalue weighted by Crippen LogP contribution is -2.38. The van der Waals surface area contributed by atoms with Gasteiger partial charge in [0, 0.05) is 45.5 Å². The Labute approximate surface area is 233 Å². The highest BCUT2D eigenvalue weighted by atomic mass is 35.5. The molecule has 5 rings (SSSR count). The average Bonchev–Trinajstić information content (AvgIpc) is 3.18. The van der Waals surface area contributed by atoms with E-state index in [-0.39, 0.29) is 11.9 Å². The Kier molecular flexibility index (Phi) is 7.14. The van der Waals surface area contributed by atoms with E-state index in [1.165, 1.54) is 0 Å². The average molecular weight is 552 g/mol. The van der Waals surface area contributed by atoms with Gasteiger partial charge < -0.3 is 14.6 Å². The summed E-state index contributed by atoms with van der Waals surface area (Å²) >= 11 is 13.2. The van der Waals surface area contributed by atoms with Crippen molar-refractivity contribution in [3.63, 3.8) is 0 Å². The molecule has 1 atom stereocenters. The summed E-state index contributed by atoms with van der Waals surface area (Å²) in [7, 11) is 0. The Morgan fingerprint density at radius 2 is 1.68 bits per heavy atom. The Hall–Kier alpha value is -3.09. The molecule has 0 saturated carbocycles. The Morgan fingerprint density at radius 1 is 1.03 bits per heavy atom. The highest BCUT2D eigenvalue weighted by molar-refractivity contribution is 6.35. The molecule has 8 heteroatoms. The van der Waals surface area contributed by atoms with Gasteiger partial charge in [0.2, 0.25) is 0 Å². The summed E-state index contributed by atoms with van der Waals surface area (Å²) in [6.45, 7) is 13.0. The number of rotatable bonds is 6. The van der Waals surface area contributed by atoms with Crippen molar-refractivity contribution in [1.29, 1.82) is 0 Å².